The summed E-state index contributed by atoms with van der Waals surface area (Å²) in [4.78, 5) is 0. The van der Waals surface area contributed by atoms with E-state index in [2.05, 4.69) is 31.3 Å². The van der Waals surface area contributed by atoms with E-state index in [1.807, 2.05) is 36.4 Å². The summed E-state index contributed by atoms with van der Waals surface area (Å²) in [5, 5.41) is 4.35. The summed E-state index contributed by atoms with van der Waals surface area (Å²) in [5.74, 6) is 0.902. The third kappa shape index (κ3) is 3.33. The van der Waals surface area contributed by atoms with Crippen LogP contribution in [0.25, 0.3) is 0 Å². The number of ether oxygens (including phenoxy) is 1. The number of nitrogens with one attached hydrogen (secondary N) is 1. The monoisotopic (exact) mass is 289 g/mol. The van der Waals surface area contributed by atoms with Crippen molar-refractivity contribution in [2.24, 2.45) is 0 Å². The third-order valence-corrected chi connectivity index (χ3v) is 3.82. The zero-order valence-electron chi connectivity index (χ0n) is 12.1. The van der Waals surface area contributed by atoms with Gasteiger partial charge in [0.25, 0.3) is 0 Å². The molecule has 0 amide bonds. The Labute approximate surface area is 125 Å². The summed E-state index contributed by atoms with van der Waals surface area (Å²) in [6.07, 6.45) is 0. The molecule has 0 radical (unpaired) electrons. The molecule has 0 aliphatic carbocycles. The van der Waals surface area contributed by atoms with Gasteiger partial charge in [-0.05, 0) is 31.5 Å². The lowest BCUT2D eigenvalue weighted by Crippen LogP contribution is -2.23. The van der Waals surface area contributed by atoms with Crippen molar-refractivity contribution in [3.63, 3.8) is 0 Å². The Morgan fingerprint density at radius 1 is 0.900 bits per heavy atom. The SMILES string of the molecule is COc1ccccc1C(C)N[C@H](C)c1ccccc1Cl. The molecule has 0 aromatic heterocycles. The molecule has 0 aliphatic rings. The smallest absolute Gasteiger partial charge is 0.123 e. The molecule has 20 heavy (non-hydrogen) atoms. The number of halogens is 1. The quantitative estimate of drug-likeness (QED) is 0.857. The Morgan fingerprint density at radius 3 is 2.10 bits per heavy atom. The summed E-state index contributed by atoms with van der Waals surface area (Å²) in [6, 6.07) is 16.3. The van der Waals surface area contributed by atoms with Gasteiger partial charge in [-0.2, -0.15) is 0 Å². The molecule has 0 heterocycles. The second-order valence-electron chi connectivity index (χ2n) is 4.87. The summed E-state index contributed by atoms with van der Waals surface area (Å²) in [5.41, 5.74) is 2.25. The first-order chi connectivity index (χ1) is 9.63. The summed E-state index contributed by atoms with van der Waals surface area (Å²) >= 11 is 6.24. The fourth-order valence-corrected chi connectivity index (χ4v) is 2.70. The molecule has 2 rings (SSSR count). The van der Waals surface area contributed by atoms with E-state index in [4.69, 9.17) is 16.3 Å². The van der Waals surface area contributed by atoms with Gasteiger partial charge in [-0.3, -0.25) is 0 Å². The van der Waals surface area contributed by atoms with Gasteiger partial charge in [0.2, 0.25) is 0 Å². The number of methoxy groups -OCH3 is 1. The van der Waals surface area contributed by atoms with Crippen LogP contribution in [-0.2, 0) is 0 Å². The van der Waals surface area contributed by atoms with Crippen LogP contribution in [0, 0.1) is 0 Å². The molecule has 0 fully saturated rings. The lowest BCUT2D eigenvalue weighted by atomic mass is 10.0. The van der Waals surface area contributed by atoms with Crippen LogP contribution >= 0.6 is 11.6 Å². The van der Waals surface area contributed by atoms with Crippen molar-refractivity contribution >= 4 is 11.6 Å². The van der Waals surface area contributed by atoms with Crippen molar-refractivity contribution < 1.29 is 4.74 Å². The van der Waals surface area contributed by atoms with Gasteiger partial charge in [-0.15, -0.1) is 0 Å². The predicted octanol–water partition coefficient (Wildman–Crippen LogP) is 4.76. The number of hydrogen-bond donors (Lipinski definition) is 1. The van der Waals surface area contributed by atoms with Crippen molar-refractivity contribution in [3.8, 4) is 5.75 Å². The lowest BCUT2D eigenvalue weighted by molar-refractivity contribution is 0.396. The zero-order chi connectivity index (χ0) is 14.5. The van der Waals surface area contributed by atoms with Gasteiger partial charge in [0.15, 0.2) is 0 Å². The first-order valence-electron chi connectivity index (χ1n) is 6.77. The maximum absolute atomic E-state index is 6.24. The molecule has 2 nitrogen and oxygen atoms in total. The highest BCUT2D eigenvalue weighted by Crippen LogP contribution is 2.28. The maximum atomic E-state index is 6.24. The van der Waals surface area contributed by atoms with Gasteiger partial charge < -0.3 is 10.1 Å². The van der Waals surface area contributed by atoms with Gasteiger partial charge in [-0.25, -0.2) is 0 Å². The highest BCUT2D eigenvalue weighted by Gasteiger charge is 2.15. The topological polar surface area (TPSA) is 21.3 Å². The average Bonchev–Trinajstić information content (AvgIpc) is 2.47. The van der Waals surface area contributed by atoms with E-state index in [1.165, 1.54) is 0 Å². The van der Waals surface area contributed by atoms with Crippen LogP contribution in [0.15, 0.2) is 48.5 Å². The van der Waals surface area contributed by atoms with E-state index in [-0.39, 0.29) is 12.1 Å². The molecule has 2 aromatic rings. The highest BCUT2D eigenvalue weighted by atomic mass is 35.5. The van der Waals surface area contributed by atoms with Crippen LogP contribution in [0.3, 0.4) is 0 Å². The molecule has 2 atom stereocenters. The van der Waals surface area contributed by atoms with Crippen molar-refractivity contribution in [1.29, 1.82) is 0 Å². The number of para-hydroxylation sites is 1. The van der Waals surface area contributed by atoms with Crippen LogP contribution < -0.4 is 10.1 Å². The van der Waals surface area contributed by atoms with Crippen LogP contribution in [-0.4, -0.2) is 7.11 Å². The molecular weight excluding hydrogens is 270 g/mol. The van der Waals surface area contributed by atoms with E-state index < -0.39 is 0 Å². The molecule has 1 N–H and O–H groups in total. The first-order valence-corrected chi connectivity index (χ1v) is 7.14. The van der Waals surface area contributed by atoms with Crippen molar-refractivity contribution in [3.05, 3.63) is 64.7 Å². The van der Waals surface area contributed by atoms with E-state index in [1.54, 1.807) is 7.11 Å². The van der Waals surface area contributed by atoms with Crippen LogP contribution in [0.4, 0.5) is 0 Å². The minimum Gasteiger partial charge on any atom is -0.496 e. The Balaban J connectivity index is 2.15. The number of hydrogen-bond acceptors (Lipinski definition) is 2. The maximum Gasteiger partial charge on any atom is 0.123 e. The Kier molecular flexibility index (Phi) is 5.05. The molecule has 1 unspecified atom stereocenters. The highest BCUT2D eigenvalue weighted by molar-refractivity contribution is 6.31. The van der Waals surface area contributed by atoms with E-state index in [9.17, 15) is 0 Å². The Bertz CT molecular complexity index is 570. The van der Waals surface area contributed by atoms with Gasteiger partial charge in [-0.1, -0.05) is 48.0 Å². The van der Waals surface area contributed by atoms with Crippen molar-refractivity contribution in [2.75, 3.05) is 7.11 Å². The van der Waals surface area contributed by atoms with Crippen LogP contribution in [0.1, 0.15) is 37.1 Å². The van der Waals surface area contributed by atoms with Gasteiger partial charge in [0.05, 0.1) is 7.11 Å². The van der Waals surface area contributed by atoms with Crippen LogP contribution in [0.2, 0.25) is 5.02 Å². The standard InChI is InChI=1S/C17H20ClNO/c1-12(14-8-4-6-10-16(14)18)19-13(2)15-9-5-7-11-17(15)20-3/h4-13,19H,1-3H3/t12-,13?/m1/s1. The molecule has 0 saturated heterocycles. The van der Waals surface area contributed by atoms with E-state index >= 15 is 0 Å². The van der Waals surface area contributed by atoms with Crippen molar-refractivity contribution in [2.45, 2.75) is 25.9 Å². The Hall–Kier alpha value is -1.51. The molecular formula is C17H20ClNO. The number of benzene rings is 2. The summed E-state index contributed by atoms with van der Waals surface area (Å²) in [7, 11) is 1.70. The molecule has 0 aliphatic heterocycles. The molecule has 0 bridgehead atoms. The average molecular weight is 290 g/mol. The Morgan fingerprint density at radius 2 is 1.45 bits per heavy atom. The number of rotatable bonds is 5. The lowest BCUT2D eigenvalue weighted by Gasteiger charge is -2.23. The molecule has 2 aromatic carbocycles. The normalized spacial score (nSPS) is 13.8. The van der Waals surface area contributed by atoms with Gasteiger partial charge >= 0.3 is 0 Å². The van der Waals surface area contributed by atoms with Crippen molar-refractivity contribution in [1.82, 2.24) is 5.32 Å². The second kappa shape index (κ2) is 6.78. The van der Waals surface area contributed by atoms with Gasteiger partial charge in [0, 0.05) is 22.7 Å². The molecule has 0 saturated carbocycles. The fourth-order valence-electron chi connectivity index (χ4n) is 2.40. The minimum absolute atomic E-state index is 0.170. The van der Waals surface area contributed by atoms with E-state index in [0.29, 0.717) is 0 Å². The van der Waals surface area contributed by atoms with Gasteiger partial charge in [0.1, 0.15) is 5.75 Å². The fraction of sp³-hybridized carbons (Fsp3) is 0.294. The molecule has 3 heteroatoms. The summed E-state index contributed by atoms with van der Waals surface area (Å²) in [6.45, 7) is 4.25. The predicted molar refractivity (Wildman–Crippen MR) is 84.4 cm³/mol. The minimum atomic E-state index is 0.170. The van der Waals surface area contributed by atoms with E-state index in [0.717, 1.165) is 21.9 Å². The van der Waals surface area contributed by atoms with Crippen LogP contribution in [0.5, 0.6) is 5.75 Å². The largest absolute Gasteiger partial charge is 0.496 e. The zero-order valence-corrected chi connectivity index (χ0v) is 12.8. The third-order valence-electron chi connectivity index (χ3n) is 3.48. The first kappa shape index (κ1) is 14.9. The molecule has 106 valence electrons. The summed E-state index contributed by atoms with van der Waals surface area (Å²) < 4.78 is 5.41. The molecule has 0 spiro atoms. The second-order valence-corrected chi connectivity index (χ2v) is 5.28.